The van der Waals surface area contributed by atoms with Crippen LogP contribution in [0.15, 0.2) is 18.3 Å². The Kier molecular flexibility index (Phi) is 2.41. The van der Waals surface area contributed by atoms with E-state index in [1.165, 1.54) is 0 Å². The topological polar surface area (TPSA) is 36.7 Å². The van der Waals surface area contributed by atoms with Gasteiger partial charge in [-0.2, -0.15) is 5.26 Å². The monoisotopic (exact) mass is 196 g/mol. The zero-order chi connectivity index (χ0) is 7.40. The molecule has 2 nitrogen and oxygen atoms in total. The molecule has 0 fully saturated rings. The average molecular weight is 197 g/mol. The smallest absolute Gasteiger partial charge is 0.101 e. The van der Waals surface area contributed by atoms with E-state index in [-0.39, 0.29) is 0 Å². The Morgan fingerprint density at radius 2 is 2.50 bits per heavy atom. The maximum Gasteiger partial charge on any atom is 0.101 e. The van der Waals surface area contributed by atoms with Crippen molar-refractivity contribution in [2.45, 2.75) is 5.33 Å². The van der Waals surface area contributed by atoms with Crippen LogP contribution in [0.2, 0.25) is 0 Å². The van der Waals surface area contributed by atoms with Gasteiger partial charge in [0.1, 0.15) is 6.07 Å². The maximum atomic E-state index is 8.54. The fourth-order valence-corrected chi connectivity index (χ4v) is 1.09. The summed E-state index contributed by atoms with van der Waals surface area (Å²) in [7, 11) is 0. The van der Waals surface area contributed by atoms with Crippen LogP contribution in [0.5, 0.6) is 0 Å². The zero-order valence-electron chi connectivity index (χ0n) is 5.21. The molecule has 0 unspecified atom stereocenters. The van der Waals surface area contributed by atoms with Crippen molar-refractivity contribution in [1.29, 1.82) is 5.26 Å². The van der Waals surface area contributed by atoms with Crippen LogP contribution in [-0.4, -0.2) is 4.98 Å². The van der Waals surface area contributed by atoms with Gasteiger partial charge >= 0.3 is 0 Å². The molecule has 0 aromatic carbocycles. The molecule has 0 atom stereocenters. The van der Waals surface area contributed by atoms with Gasteiger partial charge in [0.15, 0.2) is 0 Å². The van der Waals surface area contributed by atoms with Crippen LogP contribution < -0.4 is 0 Å². The highest BCUT2D eigenvalue weighted by Crippen LogP contribution is 2.06. The Balaban J connectivity index is 3.12. The van der Waals surface area contributed by atoms with Gasteiger partial charge in [0.25, 0.3) is 0 Å². The van der Waals surface area contributed by atoms with Crippen LogP contribution in [0.1, 0.15) is 11.3 Å². The van der Waals surface area contributed by atoms with E-state index >= 15 is 0 Å². The molecule has 0 amide bonds. The van der Waals surface area contributed by atoms with Gasteiger partial charge in [-0.15, -0.1) is 0 Å². The first kappa shape index (κ1) is 7.23. The van der Waals surface area contributed by atoms with E-state index in [1.807, 2.05) is 0 Å². The lowest BCUT2D eigenvalue weighted by atomic mass is 10.2. The summed E-state index contributed by atoms with van der Waals surface area (Å²) in [6.45, 7) is 0. The minimum Gasteiger partial charge on any atom is -0.259 e. The average Bonchev–Trinajstić information content (AvgIpc) is 2.04. The summed E-state index contributed by atoms with van der Waals surface area (Å²) in [6.07, 6.45) is 1.68. The zero-order valence-corrected chi connectivity index (χ0v) is 6.80. The Labute approximate surface area is 67.6 Å². The lowest BCUT2D eigenvalue weighted by molar-refractivity contribution is 1.16. The molecule has 0 N–H and O–H groups in total. The van der Waals surface area contributed by atoms with Crippen LogP contribution in [0.4, 0.5) is 0 Å². The second kappa shape index (κ2) is 3.33. The van der Waals surface area contributed by atoms with E-state index in [4.69, 9.17) is 5.26 Å². The summed E-state index contributed by atoms with van der Waals surface area (Å²) in [5.41, 5.74) is 1.43. The molecule has 1 rings (SSSR count). The fourth-order valence-electron chi connectivity index (χ4n) is 0.646. The van der Waals surface area contributed by atoms with Crippen molar-refractivity contribution in [3.8, 4) is 6.07 Å². The number of aromatic nitrogens is 1. The predicted molar refractivity (Wildman–Crippen MR) is 41.6 cm³/mol. The Morgan fingerprint density at radius 3 is 3.00 bits per heavy atom. The van der Waals surface area contributed by atoms with Gasteiger partial charge in [-0.25, -0.2) is 0 Å². The molecular weight excluding hydrogens is 192 g/mol. The van der Waals surface area contributed by atoms with Crippen LogP contribution in [0, 0.1) is 11.3 Å². The number of hydrogen-bond acceptors (Lipinski definition) is 2. The van der Waals surface area contributed by atoms with Gasteiger partial charge in [0.05, 0.1) is 11.3 Å². The van der Waals surface area contributed by atoms with Crippen molar-refractivity contribution in [2.24, 2.45) is 0 Å². The van der Waals surface area contributed by atoms with E-state index < -0.39 is 0 Å². The summed E-state index contributed by atoms with van der Waals surface area (Å²) in [5, 5.41) is 9.17. The van der Waals surface area contributed by atoms with Crippen molar-refractivity contribution in [1.82, 2.24) is 4.98 Å². The fraction of sp³-hybridized carbons (Fsp3) is 0.143. The second-order valence-corrected chi connectivity index (χ2v) is 2.30. The number of halogens is 1. The van der Waals surface area contributed by atoms with Crippen LogP contribution in [0.25, 0.3) is 0 Å². The number of rotatable bonds is 1. The number of pyridine rings is 1. The Morgan fingerprint density at radius 1 is 1.70 bits per heavy atom. The summed E-state index contributed by atoms with van der Waals surface area (Å²) in [6, 6.07) is 5.56. The second-order valence-electron chi connectivity index (χ2n) is 1.74. The molecule has 0 saturated heterocycles. The molecular formula is C7H5BrN2. The summed E-state index contributed by atoms with van der Waals surface area (Å²) in [5.74, 6) is 0. The molecule has 0 radical (unpaired) electrons. The Hall–Kier alpha value is -0.880. The molecule has 0 aliphatic heterocycles. The molecule has 10 heavy (non-hydrogen) atoms. The first-order valence-electron chi connectivity index (χ1n) is 2.78. The van der Waals surface area contributed by atoms with E-state index in [0.29, 0.717) is 10.9 Å². The number of alkyl halides is 1. The van der Waals surface area contributed by atoms with Gasteiger partial charge in [0.2, 0.25) is 0 Å². The molecule has 50 valence electrons. The van der Waals surface area contributed by atoms with Crippen molar-refractivity contribution >= 4 is 15.9 Å². The van der Waals surface area contributed by atoms with Gasteiger partial charge in [0, 0.05) is 11.5 Å². The van der Waals surface area contributed by atoms with Gasteiger partial charge in [-0.05, 0) is 12.1 Å². The molecule has 0 bridgehead atoms. The standard InChI is InChI=1S/C7H5BrN2/c8-4-7-6(5-9)2-1-3-10-7/h1-3H,4H2. The highest BCUT2D eigenvalue weighted by Gasteiger charge is 1.97. The third kappa shape index (κ3) is 1.34. The van der Waals surface area contributed by atoms with Crippen molar-refractivity contribution in [3.63, 3.8) is 0 Å². The highest BCUT2D eigenvalue weighted by atomic mass is 79.9. The molecule has 1 aromatic rings. The largest absolute Gasteiger partial charge is 0.259 e. The van der Waals surface area contributed by atoms with Gasteiger partial charge in [-0.1, -0.05) is 15.9 Å². The summed E-state index contributed by atoms with van der Waals surface area (Å²) < 4.78 is 0. The number of nitrogens with zero attached hydrogens (tertiary/aromatic N) is 2. The number of hydrogen-bond donors (Lipinski definition) is 0. The lowest BCUT2D eigenvalue weighted by Gasteiger charge is -1.93. The lowest BCUT2D eigenvalue weighted by Crippen LogP contribution is -1.88. The molecule has 0 spiro atoms. The minimum atomic E-state index is 0.636. The minimum absolute atomic E-state index is 0.636. The SMILES string of the molecule is N#Cc1cccnc1CBr. The molecule has 0 saturated carbocycles. The normalized spacial score (nSPS) is 8.80. The van der Waals surface area contributed by atoms with E-state index in [1.54, 1.807) is 18.3 Å². The van der Waals surface area contributed by atoms with E-state index in [2.05, 4.69) is 27.0 Å². The molecule has 0 aliphatic carbocycles. The van der Waals surface area contributed by atoms with Crippen LogP contribution in [0.3, 0.4) is 0 Å². The quantitative estimate of drug-likeness (QED) is 0.644. The highest BCUT2D eigenvalue weighted by molar-refractivity contribution is 9.08. The van der Waals surface area contributed by atoms with Crippen molar-refractivity contribution in [3.05, 3.63) is 29.6 Å². The van der Waals surface area contributed by atoms with Crippen LogP contribution >= 0.6 is 15.9 Å². The van der Waals surface area contributed by atoms with Gasteiger partial charge in [-0.3, -0.25) is 4.98 Å². The molecule has 0 aliphatic rings. The van der Waals surface area contributed by atoms with Gasteiger partial charge < -0.3 is 0 Å². The summed E-state index contributed by atoms with van der Waals surface area (Å²) in [4.78, 5) is 4.00. The van der Waals surface area contributed by atoms with Crippen molar-refractivity contribution in [2.75, 3.05) is 0 Å². The first-order valence-corrected chi connectivity index (χ1v) is 3.90. The third-order valence-corrected chi connectivity index (χ3v) is 1.67. The predicted octanol–water partition coefficient (Wildman–Crippen LogP) is 1.85. The molecule has 1 aromatic heterocycles. The molecule has 1 heterocycles. The van der Waals surface area contributed by atoms with Crippen LogP contribution in [-0.2, 0) is 5.33 Å². The van der Waals surface area contributed by atoms with Crippen molar-refractivity contribution < 1.29 is 0 Å². The Bertz CT molecular complexity index is 265. The first-order chi connectivity index (χ1) is 4.88. The van der Waals surface area contributed by atoms with E-state index in [0.717, 1.165) is 5.69 Å². The number of nitriles is 1. The summed E-state index contributed by atoms with van der Waals surface area (Å²) >= 11 is 3.24. The molecule has 3 heteroatoms. The third-order valence-electron chi connectivity index (χ3n) is 1.14. The maximum absolute atomic E-state index is 8.54. The van der Waals surface area contributed by atoms with E-state index in [9.17, 15) is 0 Å².